The number of hydrogen-bond acceptors (Lipinski definition) is 1. The minimum Gasteiger partial charge on any atom is -0.318 e. The number of nitriles is 1. The molecule has 4 aromatic heterocycles. The van der Waals surface area contributed by atoms with Gasteiger partial charge in [-0.3, -0.25) is 0 Å². The zero-order valence-electron chi connectivity index (χ0n) is 37.5. The molecule has 0 atom stereocenters. The van der Waals surface area contributed by atoms with E-state index in [2.05, 4.69) is 235 Å². The van der Waals surface area contributed by atoms with Crippen molar-refractivity contribution in [2.24, 2.45) is 0 Å². The van der Waals surface area contributed by atoms with Gasteiger partial charge in [0.05, 0.1) is 67.6 Å². The molecule has 0 radical (unpaired) electrons. The Hall–Kier alpha value is -9.88. The van der Waals surface area contributed by atoms with Crippen LogP contribution in [0.5, 0.6) is 0 Å². The van der Waals surface area contributed by atoms with E-state index in [4.69, 9.17) is 6.57 Å². The molecule has 0 bridgehead atoms. The Bertz CT molecular complexity index is 4760. The quantitative estimate of drug-likeness (QED) is 0.162. The first kappa shape index (κ1) is 38.2. The van der Waals surface area contributed by atoms with E-state index in [0.717, 1.165) is 98.6 Å². The first-order valence-corrected chi connectivity index (χ1v) is 23.5. The van der Waals surface area contributed by atoms with Gasteiger partial charge >= 0.3 is 0 Å². The van der Waals surface area contributed by atoms with Gasteiger partial charge in [0.1, 0.15) is 6.07 Å². The minimum absolute atomic E-state index is 0.401. The van der Waals surface area contributed by atoms with Crippen LogP contribution in [0.2, 0.25) is 0 Å². The van der Waals surface area contributed by atoms with Gasteiger partial charge in [-0.1, -0.05) is 140 Å². The average molecular weight is 889 g/mol. The Labute approximate surface area is 400 Å². The number of aromatic nitrogens is 4. The summed E-state index contributed by atoms with van der Waals surface area (Å²) in [5.41, 5.74) is 12.5. The number of nitrogens with zero attached hydrogens (tertiary/aromatic N) is 6. The van der Waals surface area contributed by atoms with E-state index in [1.165, 1.54) is 21.5 Å². The Kier molecular flexibility index (Phi) is 7.82. The Balaban J connectivity index is 1.03. The summed E-state index contributed by atoms with van der Waals surface area (Å²) < 4.78 is 9.13. The second-order valence-electron chi connectivity index (χ2n) is 18.2. The molecule has 0 aliphatic heterocycles. The lowest BCUT2D eigenvalue weighted by atomic mass is 10.0. The molecular formula is C64H36N6. The highest BCUT2D eigenvalue weighted by atomic mass is 15.0. The van der Waals surface area contributed by atoms with Crippen molar-refractivity contribution in [2.45, 2.75) is 0 Å². The van der Waals surface area contributed by atoms with E-state index in [1.54, 1.807) is 0 Å². The van der Waals surface area contributed by atoms with Crippen molar-refractivity contribution in [2.75, 3.05) is 0 Å². The second kappa shape index (κ2) is 14.3. The van der Waals surface area contributed by atoms with Gasteiger partial charge in [0.25, 0.3) is 0 Å². The molecule has 0 aliphatic rings. The van der Waals surface area contributed by atoms with Crippen LogP contribution < -0.4 is 0 Å². The Morgan fingerprint density at radius 3 is 1.19 bits per heavy atom. The number of para-hydroxylation sites is 4. The van der Waals surface area contributed by atoms with Crippen LogP contribution in [0.25, 0.3) is 136 Å². The van der Waals surface area contributed by atoms with Crippen LogP contribution in [-0.4, -0.2) is 18.3 Å². The average Bonchev–Trinajstić information content (AvgIpc) is 4.15. The predicted octanol–water partition coefficient (Wildman–Crippen LogP) is 16.8. The van der Waals surface area contributed by atoms with Gasteiger partial charge in [-0.2, -0.15) is 5.26 Å². The molecule has 0 aliphatic carbocycles. The van der Waals surface area contributed by atoms with Crippen molar-refractivity contribution in [1.82, 2.24) is 18.3 Å². The SMILES string of the molecule is [C-]#[N+]c1ccc(-n2c3ccc(-n4c5ccccc5c5ccccc54)cc3c3c4ccccc4ccc32)c(C#N)c1-n1c2ccc(-n3c4ccccc4c4ccccc43)cc2c2c3ccccc3ccc21. The summed E-state index contributed by atoms with van der Waals surface area (Å²) in [5, 5.41) is 25.3. The molecule has 0 N–H and O–H groups in total. The highest BCUT2D eigenvalue weighted by molar-refractivity contribution is 6.24. The van der Waals surface area contributed by atoms with Crippen LogP contribution in [0.1, 0.15) is 5.56 Å². The van der Waals surface area contributed by atoms with E-state index in [1.807, 2.05) is 12.1 Å². The molecule has 4 heterocycles. The van der Waals surface area contributed by atoms with E-state index in [-0.39, 0.29) is 0 Å². The van der Waals surface area contributed by atoms with Crippen LogP contribution in [0.4, 0.5) is 5.69 Å². The van der Waals surface area contributed by atoms with Crippen molar-refractivity contribution >= 4 is 114 Å². The summed E-state index contributed by atoms with van der Waals surface area (Å²) in [5.74, 6) is 0. The van der Waals surface area contributed by atoms with Crippen molar-refractivity contribution in [3.8, 4) is 28.8 Å². The molecule has 0 unspecified atom stereocenters. The number of benzene rings is 11. The number of rotatable bonds is 4. The smallest absolute Gasteiger partial charge is 0.212 e. The number of hydrogen-bond donors (Lipinski definition) is 0. The Morgan fingerprint density at radius 2 is 0.729 bits per heavy atom. The highest BCUT2D eigenvalue weighted by Gasteiger charge is 2.26. The van der Waals surface area contributed by atoms with Crippen LogP contribution in [-0.2, 0) is 0 Å². The van der Waals surface area contributed by atoms with Gasteiger partial charge in [-0.15, -0.1) is 0 Å². The van der Waals surface area contributed by atoms with Crippen LogP contribution in [0, 0.1) is 17.9 Å². The van der Waals surface area contributed by atoms with Crippen LogP contribution >= 0.6 is 0 Å². The zero-order chi connectivity index (χ0) is 46.2. The fraction of sp³-hybridized carbons (Fsp3) is 0. The van der Waals surface area contributed by atoms with E-state index >= 15 is 0 Å². The molecule has 6 nitrogen and oxygen atoms in total. The molecule has 0 saturated carbocycles. The van der Waals surface area contributed by atoms with Crippen molar-refractivity contribution in [3.63, 3.8) is 0 Å². The molecule has 322 valence electrons. The lowest BCUT2D eigenvalue weighted by Gasteiger charge is -2.18. The van der Waals surface area contributed by atoms with Gasteiger partial charge in [-0.25, -0.2) is 4.85 Å². The maximum atomic E-state index is 11.7. The van der Waals surface area contributed by atoms with Crippen molar-refractivity contribution in [1.29, 1.82) is 5.26 Å². The summed E-state index contributed by atoms with van der Waals surface area (Å²) in [7, 11) is 0. The molecule has 70 heavy (non-hydrogen) atoms. The molecular weight excluding hydrogens is 853 g/mol. The van der Waals surface area contributed by atoms with E-state index in [9.17, 15) is 5.26 Å². The fourth-order valence-electron chi connectivity index (χ4n) is 11.9. The lowest BCUT2D eigenvalue weighted by molar-refractivity contribution is 1.12. The third-order valence-electron chi connectivity index (χ3n) is 14.8. The molecule has 0 amide bonds. The molecule has 15 aromatic rings. The largest absolute Gasteiger partial charge is 0.318 e. The molecule has 11 aromatic carbocycles. The first-order chi connectivity index (χ1) is 34.7. The topological polar surface area (TPSA) is 47.9 Å². The van der Waals surface area contributed by atoms with Crippen LogP contribution in [0.3, 0.4) is 0 Å². The van der Waals surface area contributed by atoms with Crippen molar-refractivity contribution < 1.29 is 0 Å². The maximum absolute atomic E-state index is 11.7. The van der Waals surface area contributed by atoms with Gasteiger partial charge in [0.2, 0.25) is 5.69 Å². The first-order valence-electron chi connectivity index (χ1n) is 23.5. The third-order valence-corrected chi connectivity index (χ3v) is 14.8. The standard InChI is InChI=1S/C64H36N6/c1-66-52-30-35-59(69-57-33-28-41(36-49(57)62-43-16-4-2-14-39(43)26-31-60(62)69)67-53-22-10-6-18-45(53)46-19-7-11-23-54(46)67)51(38-65)64(52)70-58-34-29-42(37-50(58)63-44-17-5-3-15-40(44)27-32-61(63)70)68-55-24-12-8-20-47(55)48-21-9-13-25-56(48)68/h2-37H. The summed E-state index contributed by atoms with van der Waals surface area (Å²) in [4.78, 5) is 4.18. The summed E-state index contributed by atoms with van der Waals surface area (Å²) in [6.07, 6.45) is 0. The summed E-state index contributed by atoms with van der Waals surface area (Å²) in [6.45, 7) is 8.68. The van der Waals surface area contributed by atoms with Gasteiger partial charge in [0, 0.05) is 54.5 Å². The molecule has 6 heteroatoms. The molecule has 0 fully saturated rings. The van der Waals surface area contributed by atoms with E-state index < -0.39 is 0 Å². The molecule has 15 rings (SSSR count). The monoisotopic (exact) mass is 888 g/mol. The third kappa shape index (κ3) is 5.08. The van der Waals surface area contributed by atoms with E-state index in [0.29, 0.717) is 22.6 Å². The zero-order valence-corrected chi connectivity index (χ0v) is 37.5. The normalized spacial score (nSPS) is 12.0. The maximum Gasteiger partial charge on any atom is 0.212 e. The Morgan fingerprint density at radius 1 is 0.343 bits per heavy atom. The predicted molar refractivity (Wildman–Crippen MR) is 290 cm³/mol. The van der Waals surface area contributed by atoms with Crippen molar-refractivity contribution in [3.05, 3.63) is 235 Å². The molecule has 0 saturated heterocycles. The highest BCUT2D eigenvalue weighted by Crippen LogP contribution is 2.46. The lowest BCUT2D eigenvalue weighted by Crippen LogP contribution is -2.04. The summed E-state index contributed by atoms with van der Waals surface area (Å²) in [6, 6.07) is 80.0. The van der Waals surface area contributed by atoms with Gasteiger partial charge in [0.15, 0.2) is 0 Å². The summed E-state index contributed by atoms with van der Waals surface area (Å²) >= 11 is 0. The van der Waals surface area contributed by atoms with Crippen LogP contribution in [0.15, 0.2) is 218 Å². The van der Waals surface area contributed by atoms with Gasteiger partial charge < -0.3 is 18.3 Å². The second-order valence-corrected chi connectivity index (χ2v) is 18.2. The number of fused-ring (bicyclic) bond motifs is 16. The van der Waals surface area contributed by atoms with Gasteiger partial charge in [-0.05, 0) is 100 Å². The molecule has 0 spiro atoms. The minimum atomic E-state index is 0.401. The fourth-order valence-corrected chi connectivity index (χ4v) is 11.9.